The van der Waals surface area contributed by atoms with E-state index in [1.54, 1.807) is 0 Å². The van der Waals surface area contributed by atoms with Gasteiger partial charge in [-0.15, -0.1) is 0 Å². The van der Waals surface area contributed by atoms with Crippen molar-refractivity contribution in [3.8, 4) is 0 Å². The summed E-state index contributed by atoms with van der Waals surface area (Å²) in [5.74, 6) is -1.59. The lowest BCUT2D eigenvalue weighted by Crippen LogP contribution is -2.30. The van der Waals surface area contributed by atoms with Crippen molar-refractivity contribution < 1.29 is 75.8 Å². The first-order valence-corrected chi connectivity index (χ1v) is 47.4. The third-order valence-corrected chi connectivity index (χ3v) is 20.3. The molecule has 0 rings (SSSR count). The van der Waals surface area contributed by atoms with Gasteiger partial charge in [-0.2, -0.15) is 0 Å². The van der Waals surface area contributed by atoms with Crippen molar-refractivity contribution in [2.24, 2.45) is 0 Å². The highest BCUT2D eigenvalue weighted by Crippen LogP contribution is 2.45. The zero-order valence-electron chi connectivity index (χ0n) is 71.0. The molecule has 0 aromatic heterocycles. The van der Waals surface area contributed by atoms with Crippen LogP contribution in [-0.4, -0.2) is 95.9 Å². The molecule has 646 valence electrons. The average Bonchev–Trinajstić information content (AvgIpc) is 0.900. The average molecular weight is 1620 g/mol. The molecule has 0 amide bonds. The van der Waals surface area contributed by atoms with Gasteiger partial charge in [-0.1, -0.05) is 358 Å². The van der Waals surface area contributed by atoms with Crippen molar-refractivity contribution in [3.05, 3.63) is 170 Å². The number of unbranched alkanes of at least 4 members (excludes halogenated alkanes) is 32. The van der Waals surface area contributed by atoms with Crippen LogP contribution in [0.4, 0.5) is 0 Å². The second-order valence-corrected chi connectivity index (χ2v) is 32.2. The lowest BCUT2D eigenvalue weighted by molar-refractivity contribution is -0.161. The molecule has 16 nitrogen and oxygen atoms in total. The van der Waals surface area contributed by atoms with Gasteiger partial charge in [-0.05, 0) is 148 Å². The summed E-state index contributed by atoms with van der Waals surface area (Å²) in [7, 11) is -9.81. The molecule has 0 radical (unpaired) electrons. The first-order valence-electron chi connectivity index (χ1n) is 44.4. The van der Waals surface area contributed by atoms with E-state index in [-0.39, 0.29) is 19.3 Å². The predicted octanol–water partition coefficient (Wildman–Crippen LogP) is 27.1. The third-order valence-electron chi connectivity index (χ3n) is 18.4. The van der Waals surface area contributed by atoms with Crippen LogP contribution in [0.5, 0.6) is 0 Å². The fourth-order valence-corrected chi connectivity index (χ4v) is 13.4. The molecule has 18 heteroatoms. The van der Waals surface area contributed by atoms with Crippen LogP contribution >= 0.6 is 15.6 Å². The number of phosphoric acid groups is 2. The van der Waals surface area contributed by atoms with Gasteiger partial charge in [0.1, 0.15) is 25.4 Å². The molecule has 0 aromatic rings. The number of hydrogen-bond donors (Lipinski definition) is 4. The second kappa shape index (κ2) is 86.3. The first kappa shape index (κ1) is 108. The summed E-state index contributed by atoms with van der Waals surface area (Å²) in [4.78, 5) is 58.9. The number of carbonyl (C=O) groups is 3. The minimum Gasteiger partial charge on any atom is -0.463 e. The van der Waals surface area contributed by atoms with Gasteiger partial charge in [0.15, 0.2) is 6.10 Å². The number of phosphoric ester groups is 2. The fraction of sp³-hybridized carbons (Fsp3) is 0.674. The van der Waals surface area contributed by atoms with Gasteiger partial charge in [0.25, 0.3) is 0 Å². The Kier molecular flexibility index (Phi) is 82.4. The maximum atomic E-state index is 13.0. The Bertz CT molecular complexity index is 2730. The van der Waals surface area contributed by atoms with Crippen LogP contribution in [0.3, 0.4) is 0 Å². The van der Waals surface area contributed by atoms with Gasteiger partial charge < -0.3 is 34.2 Å². The van der Waals surface area contributed by atoms with Crippen molar-refractivity contribution in [2.75, 3.05) is 39.6 Å². The first-order chi connectivity index (χ1) is 55.2. The molecule has 4 N–H and O–H groups in total. The van der Waals surface area contributed by atoms with Crippen LogP contribution in [0.15, 0.2) is 170 Å². The number of allylic oxidation sites excluding steroid dienone is 28. The fourth-order valence-electron chi connectivity index (χ4n) is 11.8. The molecular weight excluding hydrogens is 1460 g/mol. The van der Waals surface area contributed by atoms with Crippen LogP contribution in [0, 0.1) is 0 Å². The zero-order valence-corrected chi connectivity index (χ0v) is 72.8. The lowest BCUT2D eigenvalue weighted by Gasteiger charge is -2.21. The zero-order chi connectivity index (χ0) is 82.2. The minimum atomic E-state index is -4.95. The smallest absolute Gasteiger partial charge is 0.463 e. The maximum absolute atomic E-state index is 13.0. The Balaban J connectivity index is 4.54. The van der Waals surface area contributed by atoms with E-state index < -0.39 is 91.5 Å². The Morgan fingerprint density at radius 1 is 0.248 bits per heavy atom. The summed E-state index contributed by atoms with van der Waals surface area (Å²) in [6.07, 6.45) is 111. The minimum absolute atomic E-state index is 0.0825. The van der Waals surface area contributed by atoms with Crippen molar-refractivity contribution in [3.63, 3.8) is 0 Å². The van der Waals surface area contributed by atoms with E-state index in [1.807, 2.05) is 0 Å². The van der Waals surface area contributed by atoms with E-state index in [1.165, 1.54) is 116 Å². The maximum Gasteiger partial charge on any atom is 0.472 e. The van der Waals surface area contributed by atoms with E-state index >= 15 is 0 Å². The predicted molar refractivity (Wildman–Crippen MR) is 472 cm³/mol. The normalized spacial score (nSPS) is 14.6. The van der Waals surface area contributed by atoms with Gasteiger partial charge >= 0.3 is 33.6 Å². The monoisotopic (exact) mass is 1620 g/mol. The van der Waals surface area contributed by atoms with Gasteiger partial charge in [0.2, 0.25) is 0 Å². The Hall–Kier alpha value is -5.09. The van der Waals surface area contributed by atoms with E-state index in [2.05, 4.69) is 191 Å². The number of ether oxygens (including phenoxy) is 3. The molecule has 5 unspecified atom stereocenters. The summed E-state index contributed by atoms with van der Waals surface area (Å²) in [6, 6.07) is 0. The van der Waals surface area contributed by atoms with Gasteiger partial charge in [0, 0.05) is 19.3 Å². The Morgan fingerprint density at radius 3 is 0.699 bits per heavy atom. The summed E-state index contributed by atoms with van der Waals surface area (Å²) in [5.41, 5.74) is 0. The number of esters is 3. The van der Waals surface area contributed by atoms with Gasteiger partial charge in [0.05, 0.1) is 26.4 Å². The molecule has 0 heterocycles. The van der Waals surface area contributed by atoms with Crippen LogP contribution in [0.1, 0.15) is 355 Å². The quantitative estimate of drug-likeness (QED) is 0.0146. The topological polar surface area (TPSA) is 231 Å². The SMILES string of the molecule is CC/C=C\C/C=C\C/C=C\C/C=C\C/C=C\CCCCCCCCCCCCCCCCCCCC(=O)OCC(O)COP(=O)(O)OCC(O)COP(=O)(O)OCC(COC(=O)CCCCCCCCCCC/C=C\C/C=C\C/C=C\C/C=C\C/C=C\CC)OC(=O)CCCCCCCC/C=C\C/C=C\C/C=C\C/C=C\CC. The number of aliphatic hydroxyl groups excluding tert-OH is 2. The highest BCUT2D eigenvalue weighted by Gasteiger charge is 2.29. The number of rotatable bonds is 83. The molecule has 0 aromatic carbocycles. The van der Waals surface area contributed by atoms with Crippen LogP contribution in [0.25, 0.3) is 0 Å². The standard InChI is InChI=1S/C95H160O16P2/c1-4-7-10-13-16-19-22-25-28-31-34-36-38-40-41-42-43-44-45-46-47-49-51-52-55-57-60-63-66-69-72-75-78-81-93(98)105-84-90(96)85-107-112(101,102)108-86-91(97)87-109-113(103,104)110-89-92(111-95(100)83-80-77-74-71-68-65-62-59-54-33-30-27-24-21-18-15-12-9-6-3)88-106-94(99)82-79-76-73-70-67-64-61-58-56-53-50-48-39-37-35-32-29-26-23-20-17-14-11-8-5-2/h7-12,16-21,25-30,34-37,40-41,48,50,54,59,90-92,96-97H,4-6,13-15,22-24,31-33,38-39,42-47,49,51-53,55-58,60-89H2,1-3H3,(H,101,102)(H,103,104)/b10-7-,11-8-,12-9-,19-16-,20-17-,21-18-,28-25-,29-26-,30-27-,36-34-,37-35-,41-40-,50-48-,59-54-. The molecule has 5 atom stereocenters. The van der Waals surface area contributed by atoms with E-state index in [0.29, 0.717) is 19.3 Å². The molecular formula is C95H160O16P2. The summed E-state index contributed by atoms with van der Waals surface area (Å²) in [5, 5.41) is 20.7. The third kappa shape index (κ3) is 87.6. The second-order valence-electron chi connectivity index (χ2n) is 29.3. The number of aliphatic hydroxyl groups is 2. The summed E-state index contributed by atoms with van der Waals surface area (Å²) in [6.45, 7) is 2.35. The Morgan fingerprint density at radius 2 is 0.442 bits per heavy atom. The Labute approximate surface area is 688 Å². The summed E-state index contributed by atoms with van der Waals surface area (Å²) < 4.78 is 61.4. The molecule has 0 bridgehead atoms. The van der Waals surface area contributed by atoms with Crippen LogP contribution in [0.2, 0.25) is 0 Å². The molecule has 0 aliphatic rings. The number of carbonyl (C=O) groups excluding carboxylic acids is 3. The van der Waals surface area contributed by atoms with Crippen LogP contribution < -0.4 is 0 Å². The van der Waals surface area contributed by atoms with Crippen molar-refractivity contribution in [1.29, 1.82) is 0 Å². The van der Waals surface area contributed by atoms with Crippen molar-refractivity contribution >= 4 is 33.6 Å². The molecule has 0 saturated carbocycles. The molecule has 0 fully saturated rings. The van der Waals surface area contributed by atoms with Gasteiger partial charge in [-0.25, -0.2) is 9.13 Å². The summed E-state index contributed by atoms with van der Waals surface area (Å²) >= 11 is 0. The largest absolute Gasteiger partial charge is 0.472 e. The van der Waals surface area contributed by atoms with Crippen LogP contribution in [-0.2, 0) is 55.8 Å². The van der Waals surface area contributed by atoms with Crippen molar-refractivity contribution in [2.45, 2.75) is 373 Å². The van der Waals surface area contributed by atoms with E-state index in [0.717, 1.165) is 180 Å². The van der Waals surface area contributed by atoms with E-state index in [4.69, 9.17) is 32.3 Å². The number of hydrogen-bond acceptors (Lipinski definition) is 14. The van der Waals surface area contributed by atoms with Gasteiger partial charge in [-0.3, -0.25) is 32.5 Å². The highest BCUT2D eigenvalue weighted by atomic mass is 31.2. The molecule has 0 spiro atoms. The van der Waals surface area contributed by atoms with E-state index in [9.17, 15) is 43.5 Å². The molecule has 0 saturated heterocycles. The van der Waals surface area contributed by atoms with Crippen molar-refractivity contribution in [1.82, 2.24) is 0 Å². The molecule has 113 heavy (non-hydrogen) atoms. The molecule has 0 aliphatic carbocycles. The molecule has 0 aliphatic heterocycles. The lowest BCUT2D eigenvalue weighted by atomic mass is 10.0. The highest BCUT2D eigenvalue weighted by molar-refractivity contribution is 7.47.